The molecule has 0 aromatic carbocycles. The standard InChI is InChI=1S/C58H109NO3/c1-3-5-7-9-11-13-15-16-17-18-19-20-21-22-23-24-25-26-27-28-29-30-31-32-33-34-35-36-37-38-39-40-41-42-44-46-48-50-52-54-58(62)59-56(55-60)57(61)53-51-49-47-45-43-14-12-10-8-6-4-2/h8,10,28-29,43,45,51,53,56-57,60-61H,3-7,9,11-27,30-42,44,46-50,52,54-55H2,1-2H3,(H,59,62)/b10-8+,29-28-,45-43+,53-51+. The third-order valence-electron chi connectivity index (χ3n) is 12.7. The largest absolute Gasteiger partial charge is 0.394 e. The Hall–Kier alpha value is -1.65. The lowest BCUT2D eigenvalue weighted by Gasteiger charge is -2.19. The van der Waals surface area contributed by atoms with Gasteiger partial charge in [-0.1, -0.05) is 274 Å². The van der Waals surface area contributed by atoms with Crippen molar-refractivity contribution in [2.24, 2.45) is 0 Å². The van der Waals surface area contributed by atoms with Crippen molar-refractivity contribution >= 4 is 5.91 Å². The lowest BCUT2D eigenvalue weighted by Crippen LogP contribution is -2.45. The molecule has 0 aromatic rings. The van der Waals surface area contributed by atoms with Crippen LogP contribution in [0.4, 0.5) is 0 Å². The maximum absolute atomic E-state index is 12.4. The zero-order valence-electron chi connectivity index (χ0n) is 41.9. The van der Waals surface area contributed by atoms with E-state index in [0.29, 0.717) is 6.42 Å². The van der Waals surface area contributed by atoms with Gasteiger partial charge < -0.3 is 15.5 Å². The molecule has 2 unspecified atom stereocenters. The summed E-state index contributed by atoms with van der Waals surface area (Å²) < 4.78 is 0. The van der Waals surface area contributed by atoms with Gasteiger partial charge in [-0.2, -0.15) is 0 Å². The van der Waals surface area contributed by atoms with Gasteiger partial charge in [-0.05, 0) is 64.2 Å². The van der Waals surface area contributed by atoms with Gasteiger partial charge in [0.15, 0.2) is 0 Å². The van der Waals surface area contributed by atoms with Gasteiger partial charge in [0, 0.05) is 6.42 Å². The Kier molecular flexibility index (Phi) is 52.3. The number of amides is 1. The molecule has 0 bridgehead atoms. The van der Waals surface area contributed by atoms with E-state index in [0.717, 1.165) is 44.9 Å². The van der Waals surface area contributed by atoms with Crippen LogP contribution in [0.2, 0.25) is 0 Å². The van der Waals surface area contributed by atoms with Gasteiger partial charge in [-0.25, -0.2) is 0 Å². The first-order chi connectivity index (χ1) is 30.7. The van der Waals surface area contributed by atoms with Crippen molar-refractivity contribution in [1.29, 1.82) is 0 Å². The number of aliphatic hydroxyl groups is 2. The first kappa shape index (κ1) is 60.4. The first-order valence-corrected chi connectivity index (χ1v) is 27.9. The fourth-order valence-electron chi connectivity index (χ4n) is 8.51. The molecule has 0 radical (unpaired) electrons. The number of carbonyl (C=O) groups excluding carboxylic acids is 1. The number of carbonyl (C=O) groups is 1. The molecule has 0 aliphatic carbocycles. The lowest BCUT2D eigenvalue weighted by molar-refractivity contribution is -0.123. The zero-order chi connectivity index (χ0) is 44.9. The summed E-state index contributed by atoms with van der Waals surface area (Å²) >= 11 is 0. The minimum atomic E-state index is -0.868. The highest BCUT2D eigenvalue weighted by Gasteiger charge is 2.18. The molecule has 3 N–H and O–H groups in total. The van der Waals surface area contributed by atoms with Gasteiger partial charge in [0.25, 0.3) is 0 Å². The molecular formula is C58H109NO3. The third-order valence-corrected chi connectivity index (χ3v) is 12.7. The Labute approximate surface area is 388 Å². The van der Waals surface area contributed by atoms with Crippen LogP contribution in [0.15, 0.2) is 48.6 Å². The highest BCUT2D eigenvalue weighted by Crippen LogP contribution is 2.17. The van der Waals surface area contributed by atoms with Gasteiger partial charge >= 0.3 is 0 Å². The fourth-order valence-corrected chi connectivity index (χ4v) is 8.51. The van der Waals surface area contributed by atoms with E-state index in [1.165, 1.54) is 231 Å². The van der Waals surface area contributed by atoms with E-state index in [9.17, 15) is 15.0 Å². The van der Waals surface area contributed by atoms with E-state index < -0.39 is 12.1 Å². The predicted molar refractivity (Wildman–Crippen MR) is 276 cm³/mol. The average Bonchev–Trinajstić information content (AvgIpc) is 3.28. The first-order valence-electron chi connectivity index (χ1n) is 27.9. The normalized spacial score (nSPS) is 13.2. The van der Waals surface area contributed by atoms with Crippen LogP contribution in [0.1, 0.15) is 296 Å². The molecule has 0 spiro atoms. The second-order valence-corrected chi connectivity index (χ2v) is 19.0. The number of nitrogens with one attached hydrogen (secondary N) is 1. The molecule has 0 aromatic heterocycles. The van der Waals surface area contributed by atoms with E-state index in [1.54, 1.807) is 6.08 Å². The Morgan fingerprint density at radius 3 is 1.00 bits per heavy atom. The van der Waals surface area contributed by atoms with E-state index in [-0.39, 0.29) is 12.5 Å². The molecule has 2 atom stereocenters. The monoisotopic (exact) mass is 868 g/mol. The van der Waals surface area contributed by atoms with E-state index in [4.69, 9.17) is 0 Å². The van der Waals surface area contributed by atoms with Crippen LogP contribution in [0.3, 0.4) is 0 Å². The van der Waals surface area contributed by atoms with Crippen molar-refractivity contribution in [2.75, 3.05) is 6.61 Å². The maximum atomic E-state index is 12.4. The Morgan fingerprint density at radius 1 is 0.371 bits per heavy atom. The van der Waals surface area contributed by atoms with Crippen LogP contribution in [-0.4, -0.2) is 34.9 Å². The quantitative estimate of drug-likeness (QED) is 0.0421. The number of unbranched alkanes of at least 4 members (excludes halogenated alkanes) is 38. The van der Waals surface area contributed by atoms with Gasteiger partial charge in [0.1, 0.15) is 0 Å². The highest BCUT2D eigenvalue weighted by molar-refractivity contribution is 5.76. The summed E-state index contributed by atoms with van der Waals surface area (Å²) in [7, 11) is 0. The zero-order valence-corrected chi connectivity index (χ0v) is 41.9. The smallest absolute Gasteiger partial charge is 0.220 e. The van der Waals surface area contributed by atoms with E-state index >= 15 is 0 Å². The molecule has 0 fully saturated rings. The van der Waals surface area contributed by atoms with Crippen molar-refractivity contribution in [3.63, 3.8) is 0 Å². The van der Waals surface area contributed by atoms with Crippen molar-refractivity contribution < 1.29 is 15.0 Å². The van der Waals surface area contributed by atoms with Crippen molar-refractivity contribution in [1.82, 2.24) is 5.32 Å². The second kappa shape index (κ2) is 53.7. The minimum absolute atomic E-state index is 0.0772. The van der Waals surface area contributed by atoms with Crippen LogP contribution in [0, 0.1) is 0 Å². The van der Waals surface area contributed by atoms with Crippen LogP contribution in [-0.2, 0) is 4.79 Å². The SMILES string of the molecule is CCC/C=C/CC/C=C/CC/C=C/C(O)C(CO)NC(=O)CCCCCCCCCCCCCCCCCCC/C=C\CCCCCCCCCCCCCCCCCCCC. The number of hydrogen-bond acceptors (Lipinski definition) is 3. The van der Waals surface area contributed by atoms with Crippen LogP contribution in [0.5, 0.6) is 0 Å². The summed E-state index contributed by atoms with van der Waals surface area (Å²) in [6.07, 6.45) is 74.5. The molecule has 0 rings (SSSR count). The molecule has 0 saturated carbocycles. The molecule has 0 saturated heterocycles. The summed E-state index contributed by atoms with van der Waals surface area (Å²) in [5.41, 5.74) is 0. The molecule has 4 heteroatoms. The summed E-state index contributed by atoms with van der Waals surface area (Å²) in [5.74, 6) is -0.0772. The maximum Gasteiger partial charge on any atom is 0.220 e. The molecule has 364 valence electrons. The molecule has 0 aliphatic heterocycles. The third kappa shape index (κ3) is 49.4. The molecule has 1 amide bonds. The molecule has 4 nitrogen and oxygen atoms in total. The van der Waals surface area contributed by atoms with Crippen molar-refractivity contribution in [3.8, 4) is 0 Å². The summed E-state index contributed by atoms with van der Waals surface area (Å²) in [5, 5.41) is 22.9. The highest BCUT2D eigenvalue weighted by atomic mass is 16.3. The molecule has 62 heavy (non-hydrogen) atoms. The number of allylic oxidation sites excluding steroid dienone is 7. The minimum Gasteiger partial charge on any atom is -0.394 e. The topological polar surface area (TPSA) is 69.6 Å². The average molecular weight is 869 g/mol. The summed E-state index contributed by atoms with van der Waals surface area (Å²) in [4.78, 5) is 12.4. The van der Waals surface area contributed by atoms with Crippen LogP contribution >= 0.6 is 0 Å². The van der Waals surface area contributed by atoms with E-state index in [2.05, 4.69) is 55.6 Å². The van der Waals surface area contributed by atoms with Gasteiger partial charge in [-0.15, -0.1) is 0 Å². The lowest BCUT2D eigenvalue weighted by atomic mass is 10.0. The van der Waals surface area contributed by atoms with Gasteiger partial charge in [-0.3, -0.25) is 4.79 Å². The number of rotatable bonds is 51. The number of aliphatic hydroxyl groups excluding tert-OH is 2. The van der Waals surface area contributed by atoms with E-state index in [1.807, 2.05) is 6.08 Å². The Morgan fingerprint density at radius 2 is 0.661 bits per heavy atom. The fraction of sp³-hybridized carbons (Fsp3) is 0.845. The van der Waals surface area contributed by atoms with Crippen molar-refractivity contribution in [2.45, 2.75) is 309 Å². The number of hydrogen-bond donors (Lipinski definition) is 3. The van der Waals surface area contributed by atoms with Crippen molar-refractivity contribution in [3.05, 3.63) is 48.6 Å². The van der Waals surface area contributed by atoms with Crippen LogP contribution < -0.4 is 5.32 Å². The summed E-state index contributed by atoms with van der Waals surface area (Å²) in [6.45, 7) is 4.23. The molecular weight excluding hydrogens is 759 g/mol. The van der Waals surface area contributed by atoms with Gasteiger partial charge in [0.2, 0.25) is 5.91 Å². The molecule has 0 aliphatic rings. The molecule has 0 heterocycles. The second-order valence-electron chi connectivity index (χ2n) is 19.0. The Balaban J connectivity index is 3.38. The predicted octanol–water partition coefficient (Wildman–Crippen LogP) is 18.3. The van der Waals surface area contributed by atoms with Crippen LogP contribution in [0.25, 0.3) is 0 Å². The van der Waals surface area contributed by atoms with Gasteiger partial charge in [0.05, 0.1) is 18.8 Å². The Bertz CT molecular complexity index is 985. The summed E-state index contributed by atoms with van der Waals surface area (Å²) in [6, 6.07) is -0.644.